The fraction of sp³-hybridized carbons (Fsp3) is 0.500. The number of nitrogens with zero attached hydrogens (tertiary/aromatic N) is 2. The fourth-order valence-electron chi connectivity index (χ4n) is 2.09. The average molecular weight is 247 g/mol. The minimum atomic E-state index is -0.168. The summed E-state index contributed by atoms with van der Waals surface area (Å²) in [6.07, 6.45) is 0. The highest BCUT2D eigenvalue weighted by atomic mass is 16.2. The molecule has 1 aliphatic rings. The molecule has 1 fully saturated rings. The number of hydrogen-bond donors (Lipinski definition) is 1. The van der Waals surface area contributed by atoms with Gasteiger partial charge in [-0.05, 0) is 19.2 Å². The Kier molecular flexibility index (Phi) is 4.33. The first kappa shape index (κ1) is 13.1. The normalized spacial score (nSPS) is 19.8. The van der Waals surface area contributed by atoms with E-state index >= 15 is 0 Å². The van der Waals surface area contributed by atoms with Crippen molar-refractivity contribution in [3.05, 3.63) is 35.9 Å². The van der Waals surface area contributed by atoms with Crippen molar-refractivity contribution in [1.82, 2.24) is 15.1 Å². The van der Waals surface area contributed by atoms with Gasteiger partial charge in [0.05, 0.1) is 6.67 Å². The highest BCUT2D eigenvalue weighted by Gasteiger charge is 2.31. The molecule has 4 nitrogen and oxygen atoms in total. The molecule has 0 bridgehead atoms. The van der Waals surface area contributed by atoms with Gasteiger partial charge < -0.3 is 9.80 Å². The van der Waals surface area contributed by atoms with Crippen LogP contribution in [-0.2, 0) is 4.79 Å². The number of carbonyl (C=O) groups excluding carboxylic acids is 1. The molecule has 1 heterocycles. The Hall–Kier alpha value is -1.39. The molecule has 0 aromatic heterocycles. The maximum absolute atomic E-state index is 12.3. The molecular weight excluding hydrogens is 226 g/mol. The van der Waals surface area contributed by atoms with Crippen molar-refractivity contribution < 1.29 is 4.79 Å². The quantitative estimate of drug-likeness (QED) is 0.845. The maximum atomic E-state index is 12.3. The van der Waals surface area contributed by atoms with Crippen LogP contribution in [0.25, 0.3) is 0 Å². The molecular formula is C14H21N3O. The third kappa shape index (κ3) is 2.89. The minimum absolute atomic E-state index is 0.168. The predicted molar refractivity (Wildman–Crippen MR) is 72.1 cm³/mol. The maximum Gasteiger partial charge on any atom is 0.245 e. The molecule has 1 aromatic carbocycles. The van der Waals surface area contributed by atoms with Gasteiger partial charge in [0.1, 0.15) is 6.04 Å². The van der Waals surface area contributed by atoms with Crippen LogP contribution in [0.2, 0.25) is 0 Å². The van der Waals surface area contributed by atoms with Gasteiger partial charge in [-0.1, -0.05) is 37.3 Å². The van der Waals surface area contributed by atoms with Gasteiger partial charge >= 0.3 is 0 Å². The number of hydrogen-bond acceptors (Lipinski definition) is 3. The number of benzene rings is 1. The van der Waals surface area contributed by atoms with Crippen molar-refractivity contribution in [2.24, 2.45) is 0 Å². The van der Waals surface area contributed by atoms with Crippen LogP contribution in [0.3, 0.4) is 0 Å². The topological polar surface area (TPSA) is 35.6 Å². The standard InChI is InChI=1S/C14H21N3O/c1-3-16(2)9-10-17-11-15-13(14(17)18)12-7-5-4-6-8-12/h4-8,13,15H,3,9-11H2,1-2H3. The van der Waals surface area contributed by atoms with Crippen LogP contribution in [-0.4, -0.2) is 49.1 Å². The van der Waals surface area contributed by atoms with Gasteiger partial charge in [-0.2, -0.15) is 0 Å². The molecule has 1 aliphatic heterocycles. The molecule has 0 spiro atoms. The second kappa shape index (κ2) is 5.98. The van der Waals surface area contributed by atoms with E-state index in [-0.39, 0.29) is 11.9 Å². The van der Waals surface area contributed by atoms with Crippen LogP contribution in [0.5, 0.6) is 0 Å². The first-order valence-corrected chi connectivity index (χ1v) is 6.48. The lowest BCUT2D eigenvalue weighted by molar-refractivity contribution is -0.129. The van der Waals surface area contributed by atoms with Gasteiger partial charge in [0, 0.05) is 13.1 Å². The summed E-state index contributed by atoms with van der Waals surface area (Å²) in [7, 11) is 2.07. The average Bonchev–Trinajstić information content (AvgIpc) is 2.78. The van der Waals surface area contributed by atoms with E-state index in [2.05, 4.69) is 24.2 Å². The molecule has 1 aromatic rings. The second-order valence-electron chi connectivity index (χ2n) is 4.70. The van der Waals surface area contributed by atoms with Gasteiger partial charge in [0.2, 0.25) is 5.91 Å². The minimum Gasteiger partial charge on any atom is -0.327 e. The predicted octanol–water partition coefficient (Wildman–Crippen LogP) is 1.07. The highest BCUT2D eigenvalue weighted by Crippen LogP contribution is 2.19. The fourth-order valence-corrected chi connectivity index (χ4v) is 2.09. The Morgan fingerprint density at radius 2 is 2.11 bits per heavy atom. The SMILES string of the molecule is CCN(C)CCN1CNC(c2ccccc2)C1=O. The Bertz CT molecular complexity index is 393. The van der Waals surface area contributed by atoms with Crippen molar-refractivity contribution >= 4 is 5.91 Å². The van der Waals surface area contributed by atoms with Crippen molar-refractivity contribution in [3.63, 3.8) is 0 Å². The van der Waals surface area contributed by atoms with Crippen molar-refractivity contribution in [2.45, 2.75) is 13.0 Å². The number of carbonyl (C=O) groups is 1. The Morgan fingerprint density at radius 1 is 1.39 bits per heavy atom. The number of nitrogens with one attached hydrogen (secondary N) is 1. The van der Waals surface area contributed by atoms with Gasteiger partial charge in [0.15, 0.2) is 0 Å². The number of amides is 1. The Morgan fingerprint density at radius 3 is 2.78 bits per heavy atom. The van der Waals surface area contributed by atoms with Gasteiger partial charge in [-0.25, -0.2) is 0 Å². The number of rotatable bonds is 5. The molecule has 1 amide bonds. The zero-order valence-electron chi connectivity index (χ0n) is 11.1. The van der Waals surface area contributed by atoms with E-state index in [1.165, 1.54) is 0 Å². The van der Waals surface area contributed by atoms with Crippen LogP contribution in [0.4, 0.5) is 0 Å². The first-order valence-electron chi connectivity index (χ1n) is 6.48. The Balaban J connectivity index is 1.93. The molecule has 98 valence electrons. The molecule has 4 heteroatoms. The third-order valence-corrected chi connectivity index (χ3v) is 3.47. The molecule has 18 heavy (non-hydrogen) atoms. The summed E-state index contributed by atoms with van der Waals surface area (Å²) in [5.41, 5.74) is 1.05. The van der Waals surface area contributed by atoms with E-state index in [9.17, 15) is 4.79 Å². The second-order valence-corrected chi connectivity index (χ2v) is 4.70. The summed E-state index contributed by atoms with van der Waals surface area (Å²) in [6.45, 7) is 5.50. The van der Waals surface area contributed by atoms with E-state index in [4.69, 9.17) is 0 Å². The summed E-state index contributed by atoms with van der Waals surface area (Å²) in [4.78, 5) is 16.4. The number of likely N-dealkylation sites (N-methyl/N-ethyl adjacent to an activating group) is 1. The monoisotopic (exact) mass is 247 g/mol. The zero-order valence-corrected chi connectivity index (χ0v) is 11.1. The van der Waals surface area contributed by atoms with E-state index in [1.54, 1.807) is 0 Å². The van der Waals surface area contributed by atoms with E-state index in [1.807, 2.05) is 35.2 Å². The third-order valence-electron chi connectivity index (χ3n) is 3.47. The molecule has 1 unspecified atom stereocenters. The summed E-state index contributed by atoms with van der Waals surface area (Å²) >= 11 is 0. The molecule has 0 saturated carbocycles. The lowest BCUT2D eigenvalue weighted by atomic mass is 10.1. The summed E-state index contributed by atoms with van der Waals surface area (Å²) in [5.74, 6) is 0.186. The lowest BCUT2D eigenvalue weighted by Gasteiger charge is -2.20. The largest absolute Gasteiger partial charge is 0.327 e. The van der Waals surface area contributed by atoms with Crippen LogP contribution >= 0.6 is 0 Å². The van der Waals surface area contributed by atoms with E-state index < -0.39 is 0 Å². The first-order chi connectivity index (χ1) is 8.72. The summed E-state index contributed by atoms with van der Waals surface area (Å²) in [6, 6.07) is 9.74. The Labute approximate surface area is 109 Å². The van der Waals surface area contributed by atoms with Crippen molar-refractivity contribution in [2.75, 3.05) is 33.4 Å². The molecule has 0 radical (unpaired) electrons. The molecule has 0 aliphatic carbocycles. The summed E-state index contributed by atoms with van der Waals surface area (Å²) < 4.78 is 0. The van der Waals surface area contributed by atoms with E-state index in [0.717, 1.165) is 25.2 Å². The molecule has 1 saturated heterocycles. The van der Waals surface area contributed by atoms with Crippen LogP contribution in [0, 0.1) is 0 Å². The highest BCUT2D eigenvalue weighted by molar-refractivity contribution is 5.85. The summed E-state index contributed by atoms with van der Waals surface area (Å²) in [5, 5.41) is 3.27. The van der Waals surface area contributed by atoms with Crippen molar-refractivity contribution in [1.29, 1.82) is 0 Å². The molecule has 1 atom stereocenters. The van der Waals surface area contributed by atoms with Crippen LogP contribution in [0.1, 0.15) is 18.5 Å². The van der Waals surface area contributed by atoms with Gasteiger partial charge in [-0.3, -0.25) is 10.1 Å². The van der Waals surface area contributed by atoms with Crippen molar-refractivity contribution in [3.8, 4) is 0 Å². The van der Waals surface area contributed by atoms with Crippen LogP contribution in [0.15, 0.2) is 30.3 Å². The van der Waals surface area contributed by atoms with Crippen LogP contribution < -0.4 is 5.32 Å². The molecule has 1 N–H and O–H groups in total. The zero-order chi connectivity index (χ0) is 13.0. The van der Waals surface area contributed by atoms with Gasteiger partial charge in [0.25, 0.3) is 0 Å². The molecule has 2 rings (SSSR count). The van der Waals surface area contributed by atoms with Gasteiger partial charge in [-0.15, -0.1) is 0 Å². The van der Waals surface area contributed by atoms with E-state index in [0.29, 0.717) is 6.67 Å². The lowest BCUT2D eigenvalue weighted by Crippen LogP contribution is -2.35. The smallest absolute Gasteiger partial charge is 0.245 e.